The van der Waals surface area contributed by atoms with Crippen molar-refractivity contribution in [3.63, 3.8) is 0 Å². The van der Waals surface area contributed by atoms with Gasteiger partial charge in [0.05, 0.1) is 31.7 Å². The second-order valence-corrected chi connectivity index (χ2v) is 7.32. The highest BCUT2D eigenvalue weighted by Crippen LogP contribution is 2.28. The van der Waals surface area contributed by atoms with E-state index >= 15 is 0 Å². The molecule has 0 saturated heterocycles. The number of methoxy groups -OCH3 is 1. The number of rotatable bonds is 7. The highest BCUT2D eigenvalue weighted by Gasteiger charge is 2.19. The van der Waals surface area contributed by atoms with Gasteiger partial charge in [-0.05, 0) is 19.3 Å². The van der Waals surface area contributed by atoms with Crippen LogP contribution in [0.4, 0.5) is 0 Å². The van der Waals surface area contributed by atoms with E-state index in [0.29, 0.717) is 29.5 Å². The molecule has 1 aliphatic carbocycles. The summed E-state index contributed by atoms with van der Waals surface area (Å²) >= 11 is 0. The monoisotopic (exact) mass is 398 g/mol. The molecule has 1 saturated carbocycles. The molecule has 0 aliphatic heterocycles. The molecule has 4 rings (SSSR count). The van der Waals surface area contributed by atoms with Crippen LogP contribution >= 0.6 is 0 Å². The topological polar surface area (TPSA) is 97.0 Å². The lowest BCUT2D eigenvalue weighted by Gasteiger charge is -2.21. The lowest BCUT2D eigenvalue weighted by molar-refractivity contribution is 0.0526. The standard InChI is InChI=1S/C20H26N6O3/c1-3-29-19(27)15-11-21-26(13-15)20-23-16-12-22-25(17(16)18(24-20)28-2)10-9-14-7-5-4-6-8-14/h11-14H,3-10H2,1-2H3. The van der Waals surface area contributed by atoms with Gasteiger partial charge in [0.2, 0.25) is 5.88 Å². The number of ether oxygens (including phenoxy) is 2. The number of hydrogen-bond acceptors (Lipinski definition) is 7. The zero-order valence-electron chi connectivity index (χ0n) is 16.9. The number of nitrogens with zero attached hydrogens (tertiary/aromatic N) is 6. The number of hydrogen-bond donors (Lipinski definition) is 0. The first-order valence-electron chi connectivity index (χ1n) is 10.2. The van der Waals surface area contributed by atoms with Gasteiger partial charge in [0.15, 0.2) is 0 Å². The van der Waals surface area contributed by atoms with Gasteiger partial charge in [-0.3, -0.25) is 4.68 Å². The van der Waals surface area contributed by atoms with E-state index in [9.17, 15) is 4.79 Å². The summed E-state index contributed by atoms with van der Waals surface area (Å²) < 4.78 is 13.9. The molecule has 0 atom stereocenters. The second-order valence-electron chi connectivity index (χ2n) is 7.32. The van der Waals surface area contributed by atoms with Crippen molar-refractivity contribution >= 4 is 17.0 Å². The van der Waals surface area contributed by atoms with Gasteiger partial charge in [-0.2, -0.15) is 15.2 Å². The van der Waals surface area contributed by atoms with E-state index < -0.39 is 5.97 Å². The second kappa shape index (κ2) is 8.59. The van der Waals surface area contributed by atoms with Crippen LogP contribution in [0.1, 0.15) is 55.8 Å². The van der Waals surface area contributed by atoms with Gasteiger partial charge in [0, 0.05) is 12.7 Å². The van der Waals surface area contributed by atoms with E-state index in [1.54, 1.807) is 26.4 Å². The fourth-order valence-corrected chi connectivity index (χ4v) is 3.90. The van der Waals surface area contributed by atoms with Gasteiger partial charge in [0.25, 0.3) is 5.95 Å². The first kappa shape index (κ1) is 19.4. The first-order chi connectivity index (χ1) is 14.2. The fraction of sp³-hybridized carbons (Fsp3) is 0.550. The number of carbonyl (C=O) groups is 1. The average molecular weight is 398 g/mol. The molecule has 3 heterocycles. The Balaban J connectivity index is 1.59. The summed E-state index contributed by atoms with van der Waals surface area (Å²) in [7, 11) is 1.58. The van der Waals surface area contributed by atoms with Crippen LogP contribution in [0.2, 0.25) is 0 Å². The van der Waals surface area contributed by atoms with E-state index in [1.807, 2.05) is 4.68 Å². The number of carbonyl (C=O) groups excluding carboxylic acids is 1. The molecule has 3 aromatic heterocycles. The number of fused-ring (bicyclic) bond motifs is 1. The minimum absolute atomic E-state index is 0.306. The molecule has 0 N–H and O–H groups in total. The largest absolute Gasteiger partial charge is 0.479 e. The molecule has 0 unspecified atom stereocenters. The van der Waals surface area contributed by atoms with Crippen molar-refractivity contribution in [2.45, 2.75) is 52.0 Å². The van der Waals surface area contributed by atoms with Crippen molar-refractivity contribution in [3.8, 4) is 11.8 Å². The van der Waals surface area contributed by atoms with Crippen LogP contribution in [-0.2, 0) is 11.3 Å². The van der Waals surface area contributed by atoms with Gasteiger partial charge >= 0.3 is 5.97 Å². The van der Waals surface area contributed by atoms with Crippen LogP contribution in [0.25, 0.3) is 17.0 Å². The molecule has 1 fully saturated rings. The Morgan fingerprint density at radius 3 is 2.76 bits per heavy atom. The van der Waals surface area contributed by atoms with Crippen LogP contribution < -0.4 is 4.74 Å². The maximum atomic E-state index is 11.9. The minimum atomic E-state index is -0.428. The predicted octanol–water partition coefficient (Wildman–Crippen LogP) is 3.17. The molecule has 9 nitrogen and oxygen atoms in total. The lowest BCUT2D eigenvalue weighted by Crippen LogP contribution is -2.11. The molecule has 0 spiro atoms. The number of esters is 1. The molecular formula is C20H26N6O3. The SMILES string of the molecule is CCOC(=O)c1cnn(-c2nc(OC)c3c(cnn3CCC3CCCCC3)n2)c1. The Morgan fingerprint density at radius 2 is 2.00 bits per heavy atom. The van der Waals surface area contributed by atoms with Gasteiger partial charge < -0.3 is 9.47 Å². The van der Waals surface area contributed by atoms with Gasteiger partial charge in [-0.25, -0.2) is 14.5 Å². The van der Waals surface area contributed by atoms with Gasteiger partial charge in [0.1, 0.15) is 11.0 Å². The molecular weight excluding hydrogens is 372 g/mol. The summed E-state index contributed by atoms with van der Waals surface area (Å²) in [5, 5.41) is 8.70. The fourth-order valence-electron chi connectivity index (χ4n) is 3.90. The molecule has 0 aromatic carbocycles. The van der Waals surface area contributed by atoms with Crippen molar-refractivity contribution in [3.05, 3.63) is 24.2 Å². The van der Waals surface area contributed by atoms with Crippen LogP contribution in [0.15, 0.2) is 18.6 Å². The van der Waals surface area contributed by atoms with Crippen molar-refractivity contribution < 1.29 is 14.3 Å². The van der Waals surface area contributed by atoms with E-state index in [0.717, 1.165) is 24.4 Å². The maximum Gasteiger partial charge on any atom is 0.341 e. The number of aryl methyl sites for hydroxylation is 1. The molecule has 1 aliphatic rings. The molecule has 29 heavy (non-hydrogen) atoms. The molecule has 0 radical (unpaired) electrons. The predicted molar refractivity (Wildman–Crippen MR) is 106 cm³/mol. The summed E-state index contributed by atoms with van der Waals surface area (Å²) in [4.78, 5) is 20.9. The quantitative estimate of drug-likeness (QED) is 0.564. The Labute approximate surface area is 169 Å². The van der Waals surface area contributed by atoms with Crippen molar-refractivity contribution in [1.82, 2.24) is 29.5 Å². The highest BCUT2D eigenvalue weighted by molar-refractivity contribution is 5.88. The normalized spacial score (nSPS) is 15.0. The molecule has 0 bridgehead atoms. The van der Waals surface area contributed by atoms with Crippen LogP contribution in [-0.4, -0.2) is 49.2 Å². The first-order valence-corrected chi connectivity index (χ1v) is 10.2. The van der Waals surface area contributed by atoms with Crippen molar-refractivity contribution in [2.24, 2.45) is 5.92 Å². The maximum absolute atomic E-state index is 11.9. The zero-order valence-corrected chi connectivity index (χ0v) is 16.9. The molecule has 9 heteroatoms. The smallest absolute Gasteiger partial charge is 0.341 e. The zero-order chi connectivity index (χ0) is 20.2. The van der Waals surface area contributed by atoms with Crippen LogP contribution in [0.3, 0.4) is 0 Å². The van der Waals surface area contributed by atoms with E-state index in [2.05, 4.69) is 20.2 Å². The molecule has 0 amide bonds. The summed E-state index contributed by atoms with van der Waals surface area (Å²) in [5.41, 5.74) is 1.81. The van der Waals surface area contributed by atoms with E-state index in [1.165, 1.54) is 43.0 Å². The third-order valence-electron chi connectivity index (χ3n) is 5.41. The third-order valence-corrected chi connectivity index (χ3v) is 5.41. The van der Waals surface area contributed by atoms with Crippen LogP contribution in [0.5, 0.6) is 5.88 Å². The van der Waals surface area contributed by atoms with Crippen molar-refractivity contribution in [2.75, 3.05) is 13.7 Å². The molecule has 154 valence electrons. The third kappa shape index (κ3) is 4.08. The Bertz CT molecular complexity index is 989. The van der Waals surface area contributed by atoms with Crippen LogP contribution in [0, 0.1) is 5.92 Å². The lowest BCUT2D eigenvalue weighted by atomic mass is 9.87. The van der Waals surface area contributed by atoms with Gasteiger partial charge in [-0.15, -0.1) is 0 Å². The average Bonchev–Trinajstić information content (AvgIpc) is 3.40. The summed E-state index contributed by atoms with van der Waals surface area (Å²) in [5.74, 6) is 1.10. The van der Waals surface area contributed by atoms with E-state index in [-0.39, 0.29) is 0 Å². The number of aromatic nitrogens is 6. The summed E-state index contributed by atoms with van der Waals surface area (Å²) in [6, 6.07) is 0. The summed E-state index contributed by atoms with van der Waals surface area (Å²) in [6.45, 7) is 2.89. The van der Waals surface area contributed by atoms with E-state index in [4.69, 9.17) is 9.47 Å². The Morgan fingerprint density at radius 1 is 1.17 bits per heavy atom. The minimum Gasteiger partial charge on any atom is -0.479 e. The highest BCUT2D eigenvalue weighted by atomic mass is 16.5. The van der Waals surface area contributed by atoms with Gasteiger partial charge in [-0.1, -0.05) is 32.1 Å². The Hall–Kier alpha value is -2.97. The summed E-state index contributed by atoms with van der Waals surface area (Å²) in [6.07, 6.45) is 12.4. The van der Waals surface area contributed by atoms with Crippen molar-refractivity contribution in [1.29, 1.82) is 0 Å². The Kier molecular flexibility index (Phi) is 5.73. The molecule has 3 aromatic rings.